The molecule has 0 fully saturated rings. The fourth-order valence-electron chi connectivity index (χ4n) is 2.00. The average molecular weight is 296 g/mol. The van der Waals surface area contributed by atoms with Crippen molar-refractivity contribution >= 4 is 12.1 Å². The average Bonchev–Trinajstić information content (AvgIpc) is 2.96. The number of alkyl carbamates (subject to hydrolysis) is 1. The third kappa shape index (κ3) is 8.14. The molecule has 6 heteroatoms. The first-order valence-electron chi connectivity index (χ1n) is 7.33. The van der Waals surface area contributed by atoms with Gasteiger partial charge < -0.3 is 20.9 Å². The molecule has 0 aliphatic heterocycles. The van der Waals surface area contributed by atoms with Crippen molar-refractivity contribution in [2.75, 3.05) is 13.2 Å². The molecular weight excluding hydrogens is 272 g/mol. The van der Waals surface area contributed by atoms with E-state index < -0.39 is 18.1 Å². The van der Waals surface area contributed by atoms with Crippen molar-refractivity contribution in [2.24, 2.45) is 5.73 Å². The van der Waals surface area contributed by atoms with Gasteiger partial charge in [-0.2, -0.15) is 0 Å². The van der Waals surface area contributed by atoms with E-state index in [1.54, 1.807) is 0 Å². The summed E-state index contributed by atoms with van der Waals surface area (Å²) in [5.74, 6) is -0.991. The lowest BCUT2D eigenvalue weighted by Gasteiger charge is -2.08. The van der Waals surface area contributed by atoms with E-state index in [4.69, 9.17) is 15.6 Å². The molecule has 0 saturated heterocycles. The lowest BCUT2D eigenvalue weighted by atomic mass is 10.1. The van der Waals surface area contributed by atoms with Crippen LogP contribution in [0.4, 0.5) is 4.79 Å². The van der Waals surface area contributed by atoms with Crippen molar-refractivity contribution in [3.8, 4) is 0 Å². The summed E-state index contributed by atoms with van der Waals surface area (Å²) in [5.41, 5.74) is 6.74. The highest BCUT2D eigenvalue weighted by molar-refractivity contribution is 5.72. The molecule has 1 amide bonds. The standard InChI is InChI=1S/C15H24N2O4/c16-13(14(18)19)9-3-4-10-17-15(20)21-11-5-8-12-6-1-2-7-12/h1-2,6,13H,3-5,7-11,16H2,(H,17,20)(H,18,19)/t13-/m0/s1. The first kappa shape index (κ1) is 17.2. The predicted molar refractivity (Wildman–Crippen MR) is 79.9 cm³/mol. The van der Waals surface area contributed by atoms with E-state index in [0.717, 1.165) is 19.3 Å². The summed E-state index contributed by atoms with van der Waals surface area (Å²) in [6, 6.07) is -0.823. The van der Waals surface area contributed by atoms with Crippen LogP contribution < -0.4 is 11.1 Å². The number of nitrogens with two attached hydrogens (primary N) is 1. The van der Waals surface area contributed by atoms with Crippen LogP contribution in [0.5, 0.6) is 0 Å². The summed E-state index contributed by atoms with van der Waals surface area (Å²) in [4.78, 5) is 21.9. The van der Waals surface area contributed by atoms with Gasteiger partial charge in [0.25, 0.3) is 0 Å². The lowest BCUT2D eigenvalue weighted by molar-refractivity contribution is -0.138. The number of ether oxygens (including phenoxy) is 1. The van der Waals surface area contributed by atoms with Crippen molar-refractivity contribution in [3.05, 3.63) is 23.8 Å². The van der Waals surface area contributed by atoms with Crippen molar-refractivity contribution in [1.82, 2.24) is 5.32 Å². The van der Waals surface area contributed by atoms with E-state index in [9.17, 15) is 9.59 Å². The second kappa shape index (κ2) is 9.99. The number of carbonyl (C=O) groups is 2. The van der Waals surface area contributed by atoms with Crippen LogP contribution in [0.15, 0.2) is 23.8 Å². The number of rotatable bonds is 10. The summed E-state index contributed by atoms with van der Waals surface area (Å²) >= 11 is 0. The smallest absolute Gasteiger partial charge is 0.407 e. The Morgan fingerprint density at radius 3 is 2.86 bits per heavy atom. The van der Waals surface area contributed by atoms with Gasteiger partial charge >= 0.3 is 12.1 Å². The lowest BCUT2D eigenvalue weighted by Crippen LogP contribution is -2.30. The Bertz CT molecular complexity index is 404. The summed E-state index contributed by atoms with van der Waals surface area (Å²) in [5, 5.41) is 11.2. The number of allylic oxidation sites excluding steroid dienone is 4. The quantitative estimate of drug-likeness (QED) is 0.535. The number of carboxylic acids is 1. The van der Waals surface area contributed by atoms with Gasteiger partial charge in [0.1, 0.15) is 6.04 Å². The van der Waals surface area contributed by atoms with Crippen LogP contribution in [0.2, 0.25) is 0 Å². The van der Waals surface area contributed by atoms with Gasteiger partial charge in [0.2, 0.25) is 0 Å². The summed E-state index contributed by atoms with van der Waals surface area (Å²) in [6.45, 7) is 0.882. The predicted octanol–water partition coefficient (Wildman–Crippen LogP) is 1.96. The monoisotopic (exact) mass is 296 g/mol. The third-order valence-corrected chi connectivity index (χ3v) is 3.25. The van der Waals surface area contributed by atoms with Crippen molar-refractivity contribution in [3.63, 3.8) is 0 Å². The Hall–Kier alpha value is -1.82. The van der Waals surface area contributed by atoms with Crippen molar-refractivity contribution in [2.45, 2.75) is 44.6 Å². The van der Waals surface area contributed by atoms with E-state index in [2.05, 4.69) is 17.5 Å². The molecule has 0 saturated carbocycles. The minimum Gasteiger partial charge on any atom is -0.480 e. The van der Waals surface area contributed by atoms with Gasteiger partial charge in [0, 0.05) is 6.54 Å². The van der Waals surface area contributed by atoms with Gasteiger partial charge in [0.05, 0.1) is 6.61 Å². The molecule has 0 aromatic heterocycles. The van der Waals surface area contributed by atoms with Gasteiger partial charge in [-0.15, -0.1) is 0 Å². The number of unbranched alkanes of at least 4 members (excludes halogenated alkanes) is 1. The highest BCUT2D eigenvalue weighted by Gasteiger charge is 2.10. The Morgan fingerprint density at radius 2 is 2.19 bits per heavy atom. The second-order valence-corrected chi connectivity index (χ2v) is 5.06. The fourth-order valence-corrected chi connectivity index (χ4v) is 2.00. The van der Waals surface area contributed by atoms with Crippen LogP contribution in [0.3, 0.4) is 0 Å². The van der Waals surface area contributed by atoms with E-state index >= 15 is 0 Å². The molecule has 4 N–H and O–H groups in total. The SMILES string of the molecule is N[C@@H](CCCCNC(=O)OCCCC1=CC=CC1)C(=O)O. The first-order valence-corrected chi connectivity index (χ1v) is 7.33. The zero-order valence-electron chi connectivity index (χ0n) is 12.2. The molecule has 0 bridgehead atoms. The molecular formula is C15H24N2O4. The van der Waals surface area contributed by atoms with Gasteiger partial charge in [0.15, 0.2) is 0 Å². The summed E-state index contributed by atoms with van der Waals surface area (Å²) in [6.07, 6.45) is 10.4. The zero-order valence-corrected chi connectivity index (χ0v) is 12.2. The van der Waals surface area contributed by atoms with Crippen LogP contribution in [0.1, 0.15) is 38.5 Å². The van der Waals surface area contributed by atoms with Gasteiger partial charge in [-0.25, -0.2) is 4.79 Å². The molecule has 0 radical (unpaired) electrons. The number of carbonyl (C=O) groups excluding carboxylic acids is 1. The fraction of sp³-hybridized carbons (Fsp3) is 0.600. The van der Waals surface area contributed by atoms with Gasteiger partial charge in [-0.05, 0) is 38.5 Å². The van der Waals surface area contributed by atoms with Crippen LogP contribution in [-0.4, -0.2) is 36.4 Å². The van der Waals surface area contributed by atoms with E-state index in [1.807, 2.05) is 6.08 Å². The first-order chi connectivity index (χ1) is 10.1. The molecule has 1 rings (SSSR count). The number of aliphatic carboxylic acids is 1. The number of carboxylic acid groups (broad SMARTS) is 1. The maximum atomic E-state index is 11.4. The largest absolute Gasteiger partial charge is 0.480 e. The van der Waals surface area contributed by atoms with Gasteiger partial charge in [-0.3, -0.25) is 4.79 Å². The minimum atomic E-state index is -0.991. The molecule has 118 valence electrons. The highest BCUT2D eigenvalue weighted by atomic mass is 16.5. The molecule has 0 aromatic carbocycles. The van der Waals surface area contributed by atoms with E-state index in [1.165, 1.54) is 5.57 Å². The number of hydrogen-bond donors (Lipinski definition) is 3. The van der Waals surface area contributed by atoms with Crippen LogP contribution in [0, 0.1) is 0 Å². The molecule has 6 nitrogen and oxygen atoms in total. The van der Waals surface area contributed by atoms with Gasteiger partial charge in [-0.1, -0.05) is 23.8 Å². The van der Waals surface area contributed by atoms with Crippen molar-refractivity contribution < 1.29 is 19.4 Å². The maximum absolute atomic E-state index is 11.4. The molecule has 0 aromatic rings. The minimum absolute atomic E-state index is 0.410. The third-order valence-electron chi connectivity index (χ3n) is 3.25. The van der Waals surface area contributed by atoms with Crippen LogP contribution >= 0.6 is 0 Å². The normalized spacial score (nSPS) is 14.6. The maximum Gasteiger partial charge on any atom is 0.407 e. The molecule has 1 atom stereocenters. The summed E-state index contributed by atoms with van der Waals surface area (Å²) < 4.78 is 5.05. The number of amides is 1. The van der Waals surface area contributed by atoms with Crippen LogP contribution in [-0.2, 0) is 9.53 Å². The number of hydrogen-bond acceptors (Lipinski definition) is 4. The van der Waals surface area contributed by atoms with Crippen molar-refractivity contribution in [1.29, 1.82) is 0 Å². The molecule has 0 unspecified atom stereocenters. The molecule has 21 heavy (non-hydrogen) atoms. The molecule has 0 spiro atoms. The molecule has 1 aliphatic carbocycles. The Labute approximate surface area is 125 Å². The Balaban J connectivity index is 1.90. The van der Waals surface area contributed by atoms with Crippen LogP contribution in [0.25, 0.3) is 0 Å². The van der Waals surface area contributed by atoms with E-state index in [0.29, 0.717) is 32.4 Å². The highest BCUT2D eigenvalue weighted by Crippen LogP contribution is 2.15. The molecule has 1 aliphatic rings. The topological polar surface area (TPSA) is 102 Å². The molecule has 0 heterocycles. The number of nitrogens with one attached hydrogen (secondary N) is 1. The van der Waals surface area contributed by atoms with E-state index in [-0.39, 0.29) is 0 Å². The Morgan fingerprint density at radius 1 is 1.38 bits per heavy atom. The zero-order chi connectivity index (χ0) is 15.5. The second-order valence-electron chi connectivity index (χ2n) is 5.06. The summed E-state index contributed by atoms with van der Waals surface area (Å²) in [7, 11) is 0. The Kier molecular flexibility index (Phi) is 8.19.